The number of nitrogens with two attached hydrogens (primary N) is 1. The maximum Gasteiger partial charge on any atom is 0.220 e. The van der Waals surface area contributed by atoms with E-state index in [0.717, 1.165) is 25.9 Å². The van der Waals surface area contributed by atoms with Gasteiger partial charge in [-0.2, -0.15) is 0 Å². The highest BCUT2D eigenvalue weighted by atomic mass is 16.1. The molecule has 0 aliphatic heterocycles. The molecule has 17 heavy (non-hydrogen) atoms. The van der Waals surface area contributed by atoms with Crippen LogP contribution in [0, 0.1) is 11.8 Å². The molecule has 0 aliphatic rings. The molecule has 102 valence electrons. The molecule has 0 saturated heterocycles. The fraction of sp³-hybridized carbons (Fsp3) is 0.923. The predicted molar refractivity (Wildman–Crippen MR) is 72.8 cm³/mol. The summed E-state index contributed by atoms with van der Waals surface area (Å²) in [7, 11) is 4.07. The first-order chi connectivity index (χ1) is 7.95. The lowest BCUT2D eigenvalue weighted by Gasteiger charge is -2.16. The molecule has 0 heterocycles. The Morgan fingerprint density at radius 1 is 1.35 bits per heavy atom. The summed E-state index contributed by atoms with van der Waals surface area (Å²) in [5.74, 6) is 1.06. The lowest BCUT2D eigenvalue weighted by Crippen LogP contribution is -2.30. The van der Waals surface area contributed by atoms with Crippen molar-refractivity contribution < 1.29 is 4.79 Å². The van der Waals surface area contributed by atoms with Crippen molar-refractivity contribution in [2.75, 3.05) is 33.7 Å². The Balaban J connectivity index is 3.68. The van der Waals surface area contributed by atoms with Gasteiger partial charge < -0.3 is 16.0 Å². The summed E-state index contributed by atoms with van der Waals surface area (Å²) in [4.78, 5) is 13.8. The molecule has 0 fully saturated rings. The molecular weight excluding hydrogens is 214 g/mol. The van der Waals surface area contributed by atoms with Crippen molar-refractivity contribution >= 4 is 5.91 Å². The van der Waals surface area contributed by atoms with Crippen LogP contribution in [0.1, 0.15) is 33.1 Å². The van der Waals surface area contributed by atoms with Crippen molar-refractivity contribution in [3.63, 3.8) is 0 Å². The maximum absolute atomic E-state index is 11.7. The summed E-state index contributed by atoms with van der Waals surface area (Å²) < 4.78 is 0. The van der Waals surface area contributed by atoms with Crippen molar-refractivity contribution in [1.29, 1.82) is 0 Å². The van der Waals surface area contributed by atoms with Crippen LogP contribution in [-0.4, -0.2) is 44.5 Å². The van der Waals surface area contributed by atoms with Crippen LogP contribution in [0.4, 0.5) is 0 Å². The quantitative estimate of drug-likeness (QED) is 0.596. The topological polar surface area (TPSA) is 58.4 Å². The number of hydrogen-bond donors (Lipinski definition) is 2. The smallest absolute Gasteiger partial charge is 0.220 e. The molecule has 0 aliphatic carbocycles. The van der Waals surface area contributed by atoms with E-state index in [-0.39, 0.29) is 5.91 Å². The number of hydrogen-bond acceptors (Lipinski definition) is 3. The van der Waals surface area contributed by atoms with Gasteiger partial charge in [0.2, 0.25) is 5.91 Å². The zero-order valence-corrected chi connectivity index (χ0v) is 11.8. The lowest BCUT2D eigenvalue weighted by atomic mass is 9.94. The third-order valence-electron chi connectivity index (χ3n) is 2.72. The van der Waals surface area contributed by atoms with E-state index in [2.05, 4.69) is 24.1 Å². The Kier molecular flexibility index (Phi) is 9.09. The number of carbonyl (C=O) groups excluding carboxylic acids is 1. The molecule has 0 aromatic carbocycles. The van der Waals surface area contributed by atoms with Gasteiger partial charge in [0.15, 0.2) is 0 Å². The van der Waals surface area contributed by atoms with E-state index >= 15 is 0 Å². The minimum atomic E-state index is 0.139. The first-order valence-corrected chi connectivity index (χ1v) is 6.57. The average molecular weight is 243 g/mol. The molecule has 0 rings (SSSR count). The molecule has 0 unspecified atom stereocenters. The lowest BCUT2D eigenvalue weighted by molar-refractivity contribution is -0.122. The number of carbonyl (C=O) groups is 1. The van der Waals surface area contributed by atoms with E-state index in [0.29, 0.717) is 24.8 Å². The van der Waals surface area contributed by atoms with Crippen molar-refractivity contribution in [3.8, 4) is 0 Å². The Morgan fingerprint density at radius 2 is 2.00 bits per heavy atom. The Morgan fingerprint density at radius 3 is 2.47 bits per heavy atom. The molecule has 4 heteroatoms. The van der Waals surface area contributed by atoms with Crippen molar-refractivity contribution in [2.45, 2.75) is 33.1 Å². The van der Waals surface area contributed by atoms with E-state index in [1.807, 2.05) is 14.1 Å². The van der Waals surface area contributed by atoms with Gasteiger partial charge in [-0.3, -0.25) is 4.79 Å². The summed E-state index contributed by atoms with van der Waals surface area (Å²) >= 11 is 0. The van der Waals surface area contributed by atoms with E-state index < -0.39 is 0 Å². The van der Waals surface area contributed by atoms with E-state index in [4.69, 9.17) is 5.73 Å². The molecular formula is C13H29N3O. The first-order valence-electron chi connectivity index (χ1n) is 6.57. The highest BCUT2D eigenvalue weighted by Gasteiger charge is 2.13. The highest BCUT2D eigenvalue weighted by molar-refractivity contribution is 5.76. The summed E-state index contributed by atoms with van der Waals surface area (Å²) in [5.41, 5.74) is 5.68. The molecule has 3 N–H and O–H groups in total. The van der Waals surface area contributed by atoms with Crippen LogP contribution < -0.4 is 11.1 Å². The molecule has 0 aromatic heterocycles. The third kappa shape index (κ3) is 10.3. The van der Waals surface area contributed by atoms with Crippen molar-refractivity contribution in [1.82, 2.24) is 10.2 Å². The molecule has 1 amide bonds. The van der Waals surface area contributed by atoms with Gasteiger partial charge in [-0.25, -0.2) is 0 Å². The zero-order chi connectivity index (χ0) is 13.3. The Bertz CT molecular complexity index is 205. The second-order valence-corrected chi connectivity index (χ2v) is 5.44. The monoisotopic (exact) mass is 243 g/mol. The Hall–Kier alpha value is -0.610. The second kappa shape index (κ2) is 9.42. The molecule has 1 atom stereocenters. The van der Waals surface area contributed by atoms with Crippen LogP contribution in [-0.2, 0) is 4.79 Å². The van der Waals surface area contributed by atoms with Crippen LogP contribution >= 0.6 is 0 Å². The standard InChI is InChI=1S/C13H29N3O/c1-11(2)8-12(10-14)9-13(17)15-6-5-7-16(3)4/h11-12H,5-10,14H2,1-4H3,(H,15,17)/t12-/m0/s1. The van der Waals surface area contributed by atoms with Gasteiger partial charge in [0.1, 0.15) is 0 Å². The van der Waals surface area contributed by atoms with Crippen molar-refractivity contribution in [3.05, 3.63) is 0 Å². The summed E-state index contributed by atoms with van der Waals surface area (Å²) in [5, 5.41) is 2.95. The van der Waals surface area contributed by atoms with Crippen LogP contribution in [0.3, 0.4) is 0 Å². The van der Waals surface area contributed by atoms with E-state index in [9.17, 15) is 4.79 Å². The maximum atomic E-state index is 11.7. The second-order valence-electron chi connectivity index (χ2n) is 5.44. The fourth-order valence-electron chi connectivity index (χ4n) is 1.89. The minimum Gasteiger partial charge on any atom is -0.356 e. The molecule has 0 bridgehead atoms. The van der Waals surface area contributed by atoms with Gasteiger partial charge in [-0.05, 0) is 51.9 Å². The van der Waals surface area contributed by atoms with E-state index in [1.165, 1.54) is 0 Å². The normalized spacial score (nSPS) is 13.1. The largest absolute Gasteiger partial charge is 0.356 e. The molecule has 4 nitrogen and oxygen atoms in total. The van der Waals surface area contributed by atoms with Crippen molar-refractivity contribution in [2.24, 2.45) is 17.6 Å². The van der Waals surface area contributed by atoms with E-state index in [1.54, 1.807) is 0 Å². The van der Waals surface area contributed by atoms with Gasteiger partial charge in [0.25, 0.3) is 0 Å². The molecule has 0 saturated carbocycles. The third-order valence-corrected chi connectivity index (χ3v) is 2.72. The molecule has 0 radical (unpaired) electrons. The number of nitrogens with zero attached hydrogens (tertiary/aromatic N) is 1. The summed E-state index contributed by atoms with van der Waals surface area (Å²) in [6, 6.07) is 0. The number of amides is 1. The van der Waals surface area contributed by atoms with Crippen LogP contribution in [0.2, 0.25) is 0 Å². The first kappa shape index (κ1) is 16.4. The zero-order valence-electron chi connectivity index (χ0n) is 11.8. The van der Waals surface area contributed by atoms with Crippen LogP contribution in [0.25, 0.3) is 0 Å². The van der Waals surface area contributed by atoms with Gasteiger partial charge in [-0.15, -0.1) is 0 Å². The number of nitrogens with one attached hydrogen (secondary N) is 1. The number of rotatable bonds is 9. The predicted octanol–water partition coefficient (Wildman–Crippen LogP) is 1.07. The van der Waals surface area contributed by atoms with Crippen LogP contribution in [0.5, 0.6) is 0 Å². The average Bonchev–Trinajstić information content (AvgIpc) is 2.22. The SMILES string of the molecule is CC(C)C[C@H](CN)CC(=O)NCCCN(C)C. The summed E-state index contributed by atoms with van der Waals surface area (Å²) in [6.45, 7) is 6.70. The highest BCUT2D eigenvalue weighted by Crippen LogP contribution is 2.13. The summed E-state index contributed by atoms with van der Waals surface area (Å²) in [6.07, 6.45) is 2.59. The fourth-order valence-corrected chi connectivity index (χ4v) is 1.89. The van der Waals surface area contributed by atoms with Crippen LogP contribution in [0.15, 0.2) is 0 Å². The van der Waals surface area contributed by atoms with Gasteiger partial charge >= 0.3 is 0 Å². The van der Waals surface area contributed by atoms with Gasteiger partial charge in [0, 0.05) is 13.0 Å². The Labute approximate surface area is 106 Å². The van der Waals surface area contributed by atoms with Gasteiger partial charge in [0.05, 0.1) is 0 Å². The minimum absolute atomic E-state index is 0.139. The van der Waals surface area contributed by atoms with Gasteiger partial charge in [-0.1, -0.05) is 13.8 Å². The molecule has 0 spiro atoms. The molecule has 0 aromatic rings.